The number of rotatable bonds is 4. The second-order valence-corrected chi connectivity index (χ2v) is 8.94. The van der Waals surface area contributed by atoms with Gasteiger partial charge in [0.05, 0.1) is 17.4 Å². The fourth-order valence-electron chi connectivity index (χ4n) is 4.93. The lowest BCUT2D eigenvalue weighted by Gasteiger charge is -2.18. The van der Waals surface area contributed by atoms with Crippen molar-refractivity contribution in [3.8, 4) is 22.7 Å². The molecule has 4 heterocycles. The van der Waals surface area contributed by atoms with Crippen molar-refractivity contribution in [2.24, 2.45) is 0 Å². The summed E-state index contributed by atoms with van der Waals surface area (Å²) in [6.45, 7) is 6.47. The first-order chi connectivity index (χ1) is 15.7. The van der Waals surface area contributed by atoms with Crippen molar-refractivity contribution < 1.29 is 4.42 Å². The number of aromatic nitrogens is 5. The minimum Gasteiger partial charge on any atom is -0.420 e. The zero-order valence-corrected chi connectivity index (χ0v) is 18.3. The van der Waals surface area contributed by atoms with Crippen LogP contribution in [0, 0.1) is 0 Å². The molecule has 0 amide bonds. The molecule has 0 bridgehead atoms. The van der Waals surface area contributed by atoms with Crippen molar-refractivity contribution in [2.45, 2.75) is 38.5 Å². The van der Waals surface area contributed by atoms with Gasteiger partial charge in [0.15, 0.2) is 0 Å². The highest BCUT2D eigenvalue weighted by molar-refractivity contribution is 6.00. The number of fused-ring (bicyclic) bond motifs is 2. The van der Waals surface area contributed by atoms with Crippen LogP contribution in [0.25, 0.3) is 44.5 Å². The molecule has 0 aliphatic carbocycles. The molecule has 1 aliphatic heterocycles. The molecule has 7 nitrogen and oxygen atoms in total. The summed E-state index contributed by atoms with van der Waals surface area (Å²) in [4.78, 5) is 3.66. The summed E-state index contributed by atoms with van der Waals surface area (Å²) >= 11 is 0. The number of piperidine rings is 1. The molecule has 5 aromatic rings. The van der Waals surface area contributed by atoms with Gasteiger partial charge in [-0.15, -0.1) is 10.2 Å². The Labute approximate surface area is 185 Å². The average molecular weight is 427 g/mol. The van der Waals surface area contributed by atoms with Crippen LogP contribution in [0.15, 0.2) is 47.0 Å². The van der Waals surface area contributed by atoms with Crippen LogP contribution in [0.1, 0.15) is 50.0 Å². The van der Waals surface area contributed by atoms with Gasteiger partial charge < -0.3 is 14.7 Å². The van der Waals surface area contributed by atoms with E-state index in [4.69, 9.17) is 4.42 Å². The van der Waals surface area contributed by atoms with Crippen molar-refractivity contribution in [1.29, 1.82) is 0 Å². The summed E-state index contributed by atoms with van der Waals surface area (Å²) in [6.07, 6.45) is 3.98. The number of nitrogens with zero attached hydrogens (tertiary/aromatic N) is 3. The molecule has 2 aromatic carbocycles. The SMILES string of the molecule is CC(C)c1c(-c2cccc3[nH]ncc23)[nH]c2ccc(-c3nnc(C4CCNCC4)o3)cc12. The van der Waals surface area contributed by atoms with Gasteiger partial charge in [0.2, 0.25) is 11.8 Å². The van der Waals surface area contributed by atoms with Gasteiger partial charge in [-0.1, -0.05) is 26.0 Å². The topological polar surface area (TPSA) is 95.4 Å². The van der Waals surface area contributed by atoms with Crippen LogP contribution in [0.4, 0.5) is 0 Å². The normalized spacial score (nSPS) is 15.3. The maximum Gasteiger partial charge on any atom is 0.247 e. The number of H-pyrrole nitrogens is 2. The predicted molar refractivity (Wildman–Crippen MR) is 126 cm³/mol. The molecule has 0 spiro atoms. The maximum atomic E-state index is 6.12. The third-order valence-corrected chi connectivity index (χ3v) is 6.55. The average Bonchev–Trinajstić information content (AvgIpc) is 3.56. The summed E-state index contributed by atoms with van der Waals surface area (Å²) in [6, 6.07) is 12.6. The Balaban J connectivity index is 1.46. The van der Waals surface area contributed by atoms with Crippen molar-refractivity contribution >= 4 is 21.8 Å². The predicted octanol–water partition coefficient (Wildman–Crippen LogP) is 5.35. The Morgan fingerprint density at radius 3 is 2.72 bits per heavy atom. The highest BCUT2D eigenvalue weighted by Crippen LogP contribution is 2.39. The van der Waals surface area contributed by atoms with E-state index in [0.29, 0.717) is 17.7 Å². The number of hydrogen-bond acceptors (Lipinski definition) is 5. The summed E-state index contributed by atoms with van der Waals surface area (Å²) in [5.74, 6) is 2.04. The molecule has 3 aromatic heterocycles. The van der Waals surface area contributed by atoms with Crippen molar-refractivity contribution in [1.82, 2.24) is 30.7 Å². The molecule has 1 aliphatic rings. The molecule has 32 heavy (non-hydrogen) atoms. The molecule has 1 fully saturated rings. The van der Waals surface area contributed by atoms with Crippen LogP contribution in [0.2, 0.25) is 0 Å². The fraction of sp³-hybridized carbons (Fsp3) is 0.320. The number of nitrogens with one attached hydrogen (secondary N) is 3. The zero-order chi connectivity index (χ0) is 21.7. The third kappa shape index (κ3) is 3.12. The van der Waals surface area contributed by atoms with Gasteiger partial charge in [-0.05, 0) is 61.7 Å². The molecular formula is C25H26N6O. The quantitative estimate of drug-likeness (QED) is 0.360. The van der Waals surface area contributed by atoms with Gasteiger partial charge >= 0.3 is 0 Å². The molecule has 0 unspecified atom stereocenters. The highest BCUT2D eigenvalue weighted by Gasteiger charge is 2.23. The minimum atomic E-state index is 0.337. The molecule has 7 heteroatoms. The second-order valence-electron chi connectivity index (χ2n) is 8.94. The van der Waals surface area contributed by atoms with Gasteiger partial charge in [0.25, 0.3) is 0 Å². The minimum absolute atomic E-state index is 0.337. The van der Waals surface area contributed by atoms with Crippen LogP contribution >= 0.6 is 0 Å². The monoisotopic (exact) mass is 426 g/mol. The van der Waals surface area contributed by atoms with E-state index in [-0.39, 0.29) is 0 Å². The van der Waals surface area contributed by atoms with Crippen molar-refractivity contribution in [2.75, 3.05) is 13.1 Å². The van der Waals surface area contributed by atoms with E-state index < -0.39 is 0 Å². The van der Waals surface area contributed by atoms with Crippen LogP contribution in [-0.4, -0.2) is 38.5 Å². The van der Waals surface area contributed by atoms with Gasteiger partial charge in [0, 0.05) is 33.3 Å². The van der Waals surface area contributed by atoms with E-state index in [1.165, 1.54) is 10.9 Å². The second kappa shape index (κ2) is 7.60. The van der Waals surface area contributed by atoms with Gasteiger partial charge in [-0.2, -0.15) is 5.10 Å². The van der Waals surface area contributed by atoms with Crippen molar-refractivity contribution in [3.05, 3.63) is 54.0 Å². The first kappa shape index (κ1) is 19.3. The molecule has 0 radical (unpaired) electrons. The van der Waals surface area contributed by atoms with Crippen LogP contribution in [0.5, 0.6) is 0 Å². The first-order valence-corrected chi connectivity index (χ1v) is 11.3. The van der Waals surface area contributed by atoms with E-state index in [9.17, 15) is 0 Å². The number of aromatic amines is 2. The maximum absolute atomic E-state index is 6.12. The third-order valence-electron chi connectivity index (χ3n) is 6.55. The molecular weight excluding hydrogens is 400 g/mol. The summed E-state index contributed by atoms with van der Waals surface area (Å²) in [7, 11) is 0. The summed E-state index contributed by atoms with van der Waals surface area (Å²) < 4.78 is 6.12. The van der Waals surface area contributed by atoms with Crippen LogP contribution in [-0.2, 0) is 0 Å². The van der Waals surface area contributed by atoms with Gasteiger partial charge in [-0.3, -0.25) is 5.10 Å². The lowest BCUT2D eigenvalue weighted by molar-refractivity contribution is 0.378. The first-order valence-electron chi connectivity index (χ1n) is 11.3. The molecule has 0 saturated carbocycles. The Bertz CT molecular complexity index is 1400. The standard InChI is InChI=1S/C25H26N6O/c1-14(2)22-18-12-16(25-31-30-24(32-25)15-8-10-26-11-9-15)6-7-20(18)28-23(22)17-4-3-5-21-19(17)13-27-29-21/h3-7,12-15,26,28H,8-11H2,1-2H3,(H,27,29). The Hall–Kier alpha value is -3.45. The molecule has 0 atom stereocenters. The molecule has 6 rings (SSSR count). The molecule has 162 valence electrons. The van der Waals surface area contributed by atoms with E-state index in [1.807, 2.05) is 6.20 Å². The van der Waals surface area contributed by atoms with E-state index >= 15 is 0 Å². The Morgan fingerprint density at radius 2 is 1.88 bits per heavy atom. The van der Waals surface area contributed by atoms with E-state index in [2.05, 4.69) is 80.9 Å². The lowest BCUT2D eigenvalue weighted by Crippen LogP contribution is -2.26. The number of benzene rings is 2. The van der Waals surface area contributed by atoms with Gasteiger partial charge in [-0.25, -0.2) is 0 Å². The van der Waals surface area contributed by atoms with Crippen LogP contribution in [0.3, 0.4) is 0 Å². The van der Waals surface area contributed by atoms with E-state index in [1.54, 1.807) is 0 Å². The summed E-state index contributed by atoms with van der Waals surface area (Å²) in [5, 5.41) is 21.8. The fourth-order valence-corrected chi connectivity index (χ4v) is 4.93. The Morgan fingerprint density at radius 1 is 1.00 bits per heavy atom. The molecule has 3 N–H and O–H groups in total. The largest absolute Gasteiger partial charge is 0.420 e. The lowest BCUT2D eigenvalue weighted by atomic mass is 9.94. The molecule has 1 saturated heterocycles. The van der Waals surface area contributed by atoms with Crippen LogP contribution < -0.4 is 5.32 Å². The summed E-state index contributed by atoms with van der Waals surface area (Å²) in [5.41, 5.74) is 6.68. The zero-order valence-electron chi connectivity index (χ0n) is 18.3. The number of hydrogen-bond donors (Lipinski definition) is 3. The van der Waals surface area contributed by atoms with Crippen molar-refractivity contribution in [3.63, 3.8) is 0 Å². The smallest absolute Gasteiger partial charge is 0.247 e. The highest BCUT2D eigenvalue weighted by atomic mass is 16.4. The van der Waals surface area contributed by atoms with E-state index in [0.717, 1.165) is 65.1 Å². The Kier molecular flexibility index (Phi) is 4.57. The van der Waals surface area contributed by atoms with Gasteiger partial charge in [0.1, 0.15) is 0 Å².